The first-order valence-electron chi connectivity index (χ1n) is 7.79. The number of fused-ring (bicyclic) bond motifs is 1. The molecule has 0 radical (unpaired) electrons. The highest BCUT2D eigenvalue weighted by Crippen LogP contribution is 2.40. The quantitative estimate of drug-likeness (QED) is 0.823. The molecule has 0 aliphatic carbocycles. The van der Waals surface area contributed by atoms with Gasteiger partial charge in [-0.1, -0.05) is 19.1 Å². The van der Waals surface area contributed by atoms with E-state index in [4.69, 9.17) is 4.74 Å². The predicted molar refractivity (Wildman–Crippen MR) is 96.5 cm³/mol. The zero-order valence-electron chi connectivity index (χ0n) is 13.5. The number of carbonyl (C=O) groups is 1. The van der Waals surface area contributed by atoms with Crippen LogP contribution in [0, 0.1) is 0 Å². The number of hydrogen-bond acceptors (Lipinski definition) is 4. The van der Waals surface area contributed by atoms with Gasteiger partial charge in [-0.2, -0.15) is 0 Å². The molecule has 3 rings (SSSR count). The largest absolute Gasteiger partial charge is 0.503 e. The number of hydrogen-bond donors (Lipinski definition) is 2. The number of ether oxygens (including phenoxy) is 1. The van der Waals surface area contributed by atoms with Crippen molar-refractivity contribution >= 4 is 27.5 Å². The molecule has 1 amide bonds. The van der Waals surface area contributed by atoms with Crippen LogP contribution in [0.3, 0.4) is 0 Å². The molecule has 1 aliphatic heterocycles. The van der Waals surface area contributed by atoms with Crippen molar-refractivity contribution < 1.29 is 14.6 Å². The fourth-order valence-corrected chi connectivity index (χ4v) is 3.39. The summed E-state index contributed by atoms with van der Waals surface area (Å²) in [6, 6.07) is 11.1. The van der Waals surface area contributed by atoms with E-state index in [9.17, 15) is 9.90 Å². The van der Waals surface area contributed by atoms with Gasteiger partial charge in [0, 0.05) is 12.2 Å². The maximum absolute atomic E-state index is 12.9. The van der Waals surface area contributed by atoms with Crippen LogP contribution in [-0.4, -0.2) is 29.6 Å². The number of amides is 1. The van der Waals surface area contributed by atoms with Crippen LogP contribution >= 0.6 is 15.9 Å². The monoisotopic (exact) mass is 390 g/mol. The SMILES string of the molecule is CCCN1C(=O)c2ccccc2N[C@H]1c1cc(Br)c(O)c(OC)c1. The summed E-state index contributed by atoms with van der Waals surface area (Å²) in [5, 5.41) is 13.5. The zero-order chi connectivity index (χ0) is 17.3. The number of anilines is 1. The second kappa shape index (κ2) is 6.73. The minimum atomic E-state index is -0.321. The third-order valence-electron chi connectivity index (χ3n) is 4.07. The number of halogens is 1. The molecule has 0 aromatic heterocycles. The van der Waals surface area contributed by atoms with Crippen molar-refractivity contribution in [3.63, 3.8) is 0 Å². The summed E-state index contributed by atoms with van der Waals surface area (Å²) in [5.74, 6) is 0.411. The number of nitrogens with one attached hydrogen (secondary N) is 1. The first-order valence-corrected chi connectivity index (χ1v) is 8.59. The van der Waals surface area contributed by atoms with E-state index in [1.54, 1.807) is 17.0 Å². The number of para-hydroxylation sites is 1. The van der Waals surface area contributed by atoms with E-state index in [2.05, 4.69) is 21.2 Å². The van der Waals surface area contributed by atoms with Gasteiger partial charge in [-0.25, -0.2) is 0 Å². The summed E-state index contributed by atoms with van der Waals surface area (Å²) >= 11 is 3.35. The Hall–Kier alpha value is -2.21. The average molecular weight is 391 g/mol. The van der Waals surface area contributed by atoms with Gasteiger partial charge in [-0.15, -0.1) is 0 Å². The molecule has 1 atom stereocenters. The molecule has 6 heteroatoms. The van der Waals surface area contributed by atoms with E-state index < -0.39 is 0 Å². The van der Waals surface area contributed by atoms with Gasteiger partial charge >= 0.3 is 0 Å². The molecule has 1 heterocycles. The molecule has 0 saturated heterocycles. The van der Waals surface area contributed by atoms with E-state index in [0.29, 0.717) is 22.3 Å². The molecule has 0 bridgehead atoms. The number of aromatic hydroxyl groups is 1. The Kier molecular flexibility index (Phi) is 4.66. The zero-order valence-corrected chi connectivity index (χ0v) is 15.1. The Balaban J connectivity index is 2.09. The van der Waals surface area contributed by atoms with Gasteiger partial charge in [-0.3, -0.25) is 4.79 Å². The van der Waals surface area contributed by atoms with Crippen LogP contribution in [0.2, 0.25) is 0 Å². The lowest BCUT2D eigenvalue weighted by Crippen LogP contribution is -2.43. The third-order valence-corrected chi connectivity index (χ3v) is 4.68. The van der Waals surface area contributed by atoms with Crippen LogP contribution in [0.25, 0.3) is 0 Å². The average Bonchev–Trinajstić information content (AvgIpc) is 2.59. The third kappa shape index (κ3) is 2.82. The van der Waals surface area contributed by atoms with Gasteiger partial charge in [-0.05, 0) is 52.2 Å². The molecule has 126 valence electrons. The second-order valence-electron chi connectivity index (χ2n) is 5.64. The van der Waals surface area contributed by atoms with Crippen molar-refractivity contribution in [2.75, 3.05) is 19.0 Å². The summed E-state index contributed by atoms with van der Waals surface area (Å²) in [5.41, 5.74) is 2.32. The number of carbonyl (C=O) groups excluding carboxylic acids is 1. The first kappa shape index (κ1) is 16.6. The maximum Gasteiger partial charge on any atom is 0.257 e. The van der Waals surface area contributed by atoms with Gasteiger partial charge in [0.25, 0.3) is 5.91 Å². The van der Waals surface area contributed by atoms with Crippen molar-refractivity contribution in [2.24, 2.45) is 0 Å². The van der Waals surface area contributed by atoms with Crippen molar-refractivity contribution in [2.45, 2.75) is 19.5 Å². The number of phenols is 1. The normalized spacial score (nSPS) is 16.5. The van der Waals surface area contributed by atoms with Crippen LogP contribution < -0.4 is 10.1 Å². The first-order chi connectivity index (χ1) is 11.6. The molecule has 1 aliphatic rings. The second-order valence-corrected chi connectivity index (χ2v) is 6.50. The molecule has 0 saturated carbocycles. The van der Waals surface area contributed by atoms with Crippen LogP contribution in [0.5, 0.6) is 11.5 Å². The lowest BCUT2D eigenvalue weighted by Gasteiger charge is -2.38. The Morgan fingerprint density at radius 1 is 1.33 bits per heavy atom. The number of benzene rings is 2. The van der Waals surface area contributed by atoms with E-state index in [-0.39, 0.29) is 17.8 Å². The summed E-state index contributed by atoms with van der Waals surface area (Å²) in [7, 11) is 1.50. The van der Waals surface area contributed by atoms with Crippen molar-refractivity contribution in [3.8, 4) is 11.5 Å². The molecular weight excluding hydrogens is 372 g/mol. The van der Waals surface area contributed by atoms with Gasteiger partial charge in [0.05, 0.1) is 17.1 Å². The maximum atomic E-state index is 12.9. The van der Waals surface area contributed by atoms with E-state index >= 15 is 0 Å². The van der Waals surface area contributed by atoms with Crippen LogP contribution in [0.1, 0.15) is 35.4 Å². The highest BCUT2D eigenvalue weighted by atomic mass is 79.9. The minimum absolute atomic E-state index is 0.000589. The Morgan fingerprint density at radius 2 is 2.08 bits per heavy atom. The van der Waals surface area contributed by atoms with E-state index in [1.165, 1.54) is 7.11 Å². The fourth-order valence-electron chi connectivity index (χ4n) is 2.93. The molecule has 24 heavy (non-hydrogen) atoms. The number of phenolic OH excluding ortho intramolecular Hbond substituents is 1. The molecule has 0 fully saturated rings. The smallest absolute Gasteiger partial charge is 0.257 e. The predicted octanol–water partition coefficient (Wildman–Crippen LogP) is 4.14. The highest BCUT2D eigenvalue weighted by molar-refractivity contribution is 9.10. The summed E-state index contributed by atoms with van der Waals surface area (Å²) in [6.45, 7) is 2.67. The van der Waals surface area contributed by atoms with Crippen molar-refractivity contribution in [1.29, 1.82) is 0 Å². The summed E-state index contributed by atoms with van der Waals surface area (Å²) in [4.78, 5) is 14.7. The van der Waals surface area contributed by atoms with Crippen LogP contribution in [0.15, 0.2) is 40.9 Å². The molecule has 2 N–H and O–H groups in total. The van der Waals surface area contributed by atoms with E-state index in [0.717, 1.165) is 17.7 Å². The van der Waals surface area contributed by atoms with Gasteiger partial charge in [0.15, 0.2) is 11.5 Å². The standard InChI is InChI=1S/C18H19BrN2O3/c1-3-8-21-17(11-9-13(19)16(22)15(10-11)24-2)20-14-7-5-4-6-12(14)18(21)23/h4-7,9-10,17,20,22H,3,8H2,1-2H3/t17-/m1/s1. The minimum Gasteiger partial charge on any atom is -0.503 e. The Labute approximate surface area is 149 Å². The van der Waals surface area contributed by atoms with E-state index in [1.807, 2.05) is 31.2 Å². The molecule has 0 unspecified atom stereocenters. The summed E-state index contributed by atoms with van der Waals surface area (Å²) < 4.78 is 5.77. The van der Waals surface area contributed by atoms with Crippen LogP contribution in [0.4, 0.5) is 5.69 Å². The molecule has 2 aromatic carbocycles. The van der Waals surface area contributed by atoms with Gasteiger partial charge in [0.1, 0.15) is 6.17 Å². The lowest BCUT2D eigenvalue weighted by atomic mass is 10.0. The molecule has 2 aromatic rings. The van der Waals surface area contributed by atoms with Crippen molar-refractivity contribution in [1.82, 2.24) is 4.90 Å². The fraction of sp³-hybridized carbons (Fsp3) is 0.278. The number of rotatable bonds is 4. The molecular formula is C18H19BrN2O3. The number of methoxy groups -OCH3 is 1. The van der Waals surface area contributed by atoms with Gasteiger partial charge < -0.3 is 20.1 Å². The molecule has 0 spiro atoms. The van der Waals surface area contributed by atoms with Crippen molar-refractivity contribution in [3.05, 3.63) is 52.0 Å². The topological polar surface area (TPSA) is 61.8 Å². The lowest BCUT2D eigenvalue weighted by molar-refractivity contribution is 0.0683. The highest BCUT2D eigenvalue weighted by Gasteiger charge is 2.32. The number of nitrogens with zero attached hydrogens (tertiary/aromatic N) is 1. The summed E-state index contributed by atoms with van der Waals surface area (Å²) in [6.07, 6.45) is 0.529. The Morgan fingerprint density at radius 3 is 2.79 bits per heavy atom. The molecule has 5 nitrogen and oxygen atoms in total. The van der Waals surface area contributed by atoms with Gasteiger partial charge in [0.2, 0.25) is 0 Å². The Bertz CT molecular complexity index is 779. The van der Waals surface area contributed by atoms with Crippen LogP contribution in [-0.2, 0) is 0 Å².